The molecule has 0 aliphatic heterocycles. The number of benzene rings is 2. The lowest BCUT2D eigenvalue weighted by Crippen LogP contribution is -2.51. The molecule has 4 aliphatic rings. The molecule has 0 spiro atoms. The fourth-order valence-electron chi connectivity index (χ4n) is 8.83. The molecule has 204 valence electrons. The minimum absolute atomic E-state index is 0.00925. The van der Waals surface area contributed by atoms with E-state index in [9.17, 15) is 14.7 Å². The molecule has 0 radical (unpaired) electrons. The molecule has 0 saturated heterocycles. The average molecular weight is 544 g/mol. The first-order valence-electron chi connectivity index (χ1n) is 14.5. The molecule has 4 aliphatic carbocycles. The lowest BCUT2D eigenvalue weighted by Gasteiger charge is -2.57. The Morgan fingerprint density at radius 3 is 2.38 bits per heavy atom. The first-order valence-corrected chi connectivity index (χ1v) is 14.8. The number of amides is 1. The maximum Gasteiger partial charge on any atom is 0.331 e. The third-order valence-electron chi connectivity index (χ3n) is 11.0. The maximum absolute atomic E-state index is 14.1. The second-order valence-electron chi connectivity index (χ2n) is 12.7. The van der Waals surface area contributed by atoms with E-state index in [4.69, 9.17) is 11.6 Å². The summed E-state index contributed by atoms with van der Waals surface area (Å²) in [5, 5.41) is 13.7. The zero-order valence-corrected chi connectivity index (χ0v) is 23.6. The molecule has 2 saturated carbocycles. The van der Waals surface area contributed by atoms with Crippen molar-refractivity contribution in [1.29, 1.82) is 0 Å². The number of nitrogens with one attached hydrogen (secondary N) is 1. The zero-order valence-electron chi connectivity index (χ0n) is 22.8. The van der Waals surface area contributed by atoms with Gasteiger partial charge in [-0.2, -0.15) is 0 Å². The summed E-state index contributed by atoms with van der Waals surface area (Å²) in [5.41, 5.74) is 3.90. The van der Waals surface area contributed by atoms with E-state index in [2.05, 4.69) is 37.4 Å². The molecule has 5 heteroatoms. The summed E-state index contributed by atoms with van der Waals surface area (Å²) in [4.78, 5) is 25.7. The van der Waals surface area contributed by atoms with Gasteiger partial charge in [-0.3, -0.25) is 4.79 Å². The Kier molecular flexibility index (Phi) is 6.74. The summed E-state index contributed by atoms with van der Waals surface area (Å²) in [6.45, 7) is 4.74. The molecule has 0 bridgehead atoms. The largest absolute Gasteiger partial charge is 0.478 e. The summed E-state index contributed by atoms with van der Waals surface area (Å²) in [6.07, 6.45) is 11.0. The van der Waals surface area contributed by atoms with Gasteiger partial charge in [-0.1, -0.05) is 74.0 Å². The molecule has 1 unspecified atom stereocenters. The van der Waals surface area contributed by atoms with Gasteiger partial charge >= 0.3 is 5.97 Å². The Bertz CT molecular complexity index is 1330. The van der Waals surface area contributed by atoms with Crippen LogP contribution in [-0.4, -0.2) is 17.0 Å². The molecule has 2 fully saturated rings. The quantitative estimate of drug-likeness (QED) is 0.405. The van der Waals surface area contributed by atoms with Crippen LogP contribution in [0.2, 0.25) is 5.02 Å². The predicted octanol–water partition coefficient (Wildman–Crippen LogP) is 7.75. The topological polar surface area (TPSA) is 66.4 Å². The highest BCUT2D eigenvalue weighted by Crippen LogP contribution is 2.66. The first-order chi connectivity index (χ1) is 18.7. The van der Waals surface area contributed by atoms with Gasteiger partial charge in [-0.05, 0) is 108 Å². The molecule has 1 amide bonds. The summed E-state index contributed by atoms with van der Waals surface area (Å²) >= 11 is 6.18. The SMILES string of the molecule is C[C@]12CC[C@H]3[C@@H](CC=C4C=C(C(=O)O)CC[C@@]43C)[C@@H]1CC[C@@H]2C(=O)NC(c1ccccc1)c1ccc(Cl)cc1. The van der Waals surface area contributed by atoms with Crippen molar-refractivity contribution < 1.29 is 14.7 Å². The van der Waals surface area contributed by atoms with E-state index in [0.29, 0.717) is 34.8 Å². The second-order valence-corrected chi connectivity index (χ2v) is 13.2. The summed E-state index contributed by atoms with van der Waals surface area (Å²) < 4.78 is 0. The van der Waals surface area contributed by atoms with Gasteiger partial charge in [0.1, 0.15) is 0 Å². The third-order valence-corrected chi connectivity index (χ3v) is 11.2. The maximum atomic E-state index is 14.1. The number of hydrogen-bond donors (Lipinski definition) is 2. The van der Waals surface area contributed by atoms with Crippen molar-refractivity contribution in [3.63, 3.8) is 0 Å². The molecule has 2 aromatic carbocycles. The number of halogens is 1. The molecular weight excluding hydrogens is 506 g/mol. The molecule has 6 rings (SSSR count). The lowest BCUT2D eigenvalue weighted by molar-refractivity contribution is -0.133. The fraction of sp³-hybridized carbons (Fsp3) is 0.471. The van der Waals surface area contributed by atoms with Crippen LogP contribution in [0.25, 0.3) is 0 Å². The number of carboxylic acids is 1. The minimum Gasteiger partial charge on any atom is -0.478 e. The van der Waals surface area contributed by atoms with Crippen LogP contribution in [0.1, 0.15) is 76.0 Å². The van der Waals surface area contributed by atoms with Gasteiger partial charge in [0.2, 0.25) is 5.91 Å². The van der Waals surface area contributed by atoms with Crippen molar-refractivity contribution in [2.75, 3.05) is 0 Å². The molecule has 0 aromatic heterocycles. The Morgan fingerprint density at radius 1 is 0.949 bits per heavy atom. The van der Waals surface area contributed by atoms with E-state index in [1.54, 1.807) is 0 Å². The van der Waals surface area contributed by atoms with Gasteiger partial charge in [0, 0.05) is 16.5 Å². The minimum atomic E-state index is -0.784. The van der Waals surface area contributed by atoms with Crippen LogP contribution >= 0.6 is 11.6 Å². The van der Waals surface area contributed by atoms with Crippen LogP contribution in [0.4, 0.5) is 0 Å². The highest BCUT2D eigenvalue weighted by molar-refractivity contribution is 6.30. The van der Waals surface area contributed by atoms with Gasteiger partial charge in [-0.15, -0.1) is 0 Å². The molecule has 7 atom stereocenters. The number of carbonyl (C=O) groups excluding carboxylic acids is 1. The van der Waals surface area contributed by atoms with Gasteiger partial charge in [-0.25, -0.2) is 4.79 Å². The monoisotopic (exact) mass is 543 g/mol. The number of carboxylic acid groups (broad SMARTS) is 1. The number of hydrogen-bond acceptors (Lipinski definition) is 2. The Morgan fingerprint density at radius 2 is 1.67 bits per heavy atom. The number of allylic oxidation sites excluding steroid dienone is 3. The van der Waals surface area contributed by atoms with Gasteiger partial charge < -0.3 is 10.4 Å². The molecule has 0 heterocycles. The molecule has 39 heavy (non-hydrogen) atoms. The fourth-order valence-corrected chi connectivity index (χ4v) is 8.95. The Balaban J connectivity index is 1.25. The summed E-state index contributed by atoms with van der Waals surface area (Å²) in [5.74, 6) is 0.981. The van der Waals surface area contributed by atoms with E-state index < -0.39 is 5.97 Å². The zero-order chi connectivity index (χ0) is 27.4. The van der Waals surface area contributed by atoms with Crippen molar-refractivity contribution >= 4 is 23.5 Å². The molecular formula is C34H38ClNO3. The van der Waals surface area contributed by atoms with E-state index in [1.807, 2.05) is 48.5 Å². The summed E-state index contributed by atoms with van der Waals surface area (Å²) in [7, 11) is 0. The van der Waals surface area contributed by atoms with E-state index in [0.717, 1.165) is 49.7 Å². The van der Waals surface area contributed by atoms with Gasteiger partial charge in [0.05, 0.1) is 6.04 Å². The molecule has 2 aromatic rings. The second kappa shape index (κ2) is 9.96. The van der Waals surface area contributed by atoms with Crippen molar-refractivity contribution in [3.8, 4) is 0 Å². The van der Waals surface area contributed by atoms with Crippen molar-refractivity contribution in [3.05, 3.63) is 94.0 Å². The lowest BCUT2D eigenvalue weighted by atomic mass is 9.48. The van der Waals surface area contributed by atoms with Crippen molar-refractivity contribution in [2.45, 2.75) is 64.8 Å². The third kappa shape index (κ3) is 4.45. The van der Waals surface area contributed by atoms with Crippen molar-refractivity contribution in [2.24, 2.45) is 34.5 Å². The predicted molar refractivity (Wildman–Crippen MR) is 154 cm³/mol. The van der Waals surface area contributed by atoms with E-state index in [1.165, 1.54) is 5.57 Å². The van der Waals surface area contributed by atoms with E-state index in [-0.39, 0.29) is 28.7 Å². The first kappa shape index (κ1) is 26.4. The van der Waals surface area contributed by atoms with Crippen LogP contribution in [0.5, 0.6) is 0 Å². The number of carbonyl (C=O) groups is 2. The average Bonchev–Trinajstić information content (AvgIpc) is 3.29. The molecule has 2 N–H and O–H groups in total. The number of fused-ring (bicyclic) bond motifs is 5. The van der Waals surface area contributed by atoms with Gasteiger partial charge in [0.25, 0.3) is 0 Å². The van der Waals surface area contributed by atoms with Crippen LogP contribution in [-0.2, 0) is 9.59 Å². The molecule has 4 nitrogen and oxygen atoms in total. The standard InChI is InChI=1S/C34H38ClNO3/c1-33-18-16-23(32(38)39)20-24(33)10-13-26-27-14-15-29(34(27,2)19-17-28(26)33)31(37)36-30(21-6-4-3-5-7-21)22-8-11-25(35)12-9-22/h3-12,20,26-30H,13-19H2,1-2H3,(H,36,37)(H,38,39)/t26-,27-,28-,29+,30?,33-,34-/m0/s1. The van der Waals surface area contributed by atoms with Crippen molar-refractivity contribution in [1.82, 2.24) is 5.32 Å². The Labute approximate surface area is 236 Å². The van der Waals surface area contributed by atoms with Crippen LogP contribution < -0.4 is 5.32 Å². The normalized spacial score (nSPS) is 34.0. The highest BCUT2D eigenvalue weighted by Gasteiger charge is 2.59. The van der Waals surface area contributed by atoms with Gasteiger partial charge in [0.15, 0.2) is 0 Å². The number of aliphatic carboxylic acids is 1. The summed E-state index contributed by atoms with van der Waals surface area (Å²) in [6, 6.07) is 17.8. The smallest absolute Gasteiger partial charge is 0.331 e. The Hall–Kier alpha value is -2.85. The van der Waals surface area contributed by atoms with Crippen LogP contribution in [0.3, 0.4) is 0 Å². The highest BCUT2D eigenvalue weighted by atomic mass is 35.5. The van der Waals surface area contributed by atoms with Crippen LogP contribution in [0.15, 0.2) is 77.9 Å². The number of rotatable bonds is 5. The van der Waals surface area contributed by atoms with Crippen LogP contribution in [0, 0.1) is 34.5 Å². The van der Waals surface area contributed by atoms with E-state index >= 15 is 0 Å².